The van der Waals surface area contributed by atoms with Crippen molar-refractivity contribution in [3.05, 3.63) is 17.3 Å². The minimum absolute atomic E-state index is 0.0322. The Morgan fingerprint density at radius 3 is 2.73 bits per heavy atom. The average Bonchev–Trinajstić information content (AvgIpc) is 2.86. The molecule has 0 N–H and O–H groups in total. The summed E-state index contributed by atoms with van der Waals surface area (Å²) in [5.41, 5.74) is 0.640. The molecule has 0 aromatic carbocycles. The normalized spacial score (nSPS) is 24.0. The van der Waals surface area contributed by atoms with Crippen molar-refractivity contribution in [3.8, 4) is 0 Å². The lowest BCUT2D eigenvalue weighted by Gasteiger charge is -2.26. The van der Waals surface area contributed by atoms with E-state index in [0.717, 1.165) is 30.9 Å². The van der Waals surface area contributed by atoms with Gasteiger partial charge in [0, 0.05) is 18.8 Å². The quantitative estimate of drug-likeness (QED) is 0.708. The second kappa shape index (κ2) is 2.71. The van der Waals surface area contributed by atoms with E-state index in [1.54, 1.807) is 0 Å². The lowest BCUT2D eigenvalue weighted by atomic mass is 9.78. The predicted molar refractivity (Wildman–Crippen MR) is 54.9 cm³/mol. The van der Waals surface area contributed by atoms with Gasteiger partial charge < -0.3 is 4.42 Å². The van der Waals surface area contributed by atoms with Gasteiger partial charge in [0.1, 0.15) is 11.5 Å². The SMILES string of the molecule is CC1(C)CC(=O)c2nc(C3CC3)oc2C1. The predicted octanol–water partition coefficient (Wildman–Crippen LogP) is 2.71. The average molecular weight is 205 g/mol. The standard InChI is InChI=1S/C12H15NO2/c1-12(2)5-8(14)10-9(6-12)15-11(13-10)7-3-4-7/h7H,3-6H2,1-2H3. The fourth-order valence-corrected chi connectivity index (χ4v) is 2.23. The number of Topliss-reactive ketones (excluding diaryl/α,β-unsaturated/α-hetero) is 1. The second-order valence-corrected chi connectivity index (χ2v) is 5.54. The van der Waals surface area contributed by atoms with Crippen LogP contribution in [-0.4, -0.2) is 10.8 Å². The smallest absolute Gasteiger partial charge is 0.198 e. The molecule has 1 saturated carbocycles. The molecule has 2 aliphatic carbocycles. The summed E-state index contributed by atoms with van der Waals surface area (Å²) in [4.78, 5) is 16.2. The molecule has 3 heteroatoms. The van der Waals surface area contributed by atoms with Crippen molar-refractivity contribution >= 4 is 5.78 Å². The summed E-state index contributed by atoms with van der Waals surface area (Å²) in [7, 11) is 0. The van der Waals surface area contributed by atoms with E-state index in [0.29, 0.717) is 18.0 Å². The zero-order valence-corrected chi connectivity index (χ0v) is 9.17. The van der Waals surface area contributed by atoms with Gasteiger partial charge in [-0.1, -0.05) is 13.8 Å². The molecule has 0 aliphatic heterocycles. The van der Waals surface area contributed by atoms with Crippen molar-refractivity contribution in [1.29, 1.82) is 0 Å². The number of hydrogen-bond acceptors (Lipinski definition) is 3. The van der Waals surface area contributed by atoms with E-state index in [2.05, 4.69) is 18.8 Å². The molecule has 2 aliphatic rings. The van der Waals surface area contributed by atoms with Gasteiger partial charge in [-0.2, -0.15) is 0 Å². The Morgan fingerprint density at radius 1 is 1.33 bits per heavy atom. The van der Waals surface area contributed by atoms with E-state index in [1.165, 1.54) is 0 Å². The fourth-order valence-electron chi connectivity index (χ4n) is 2.23. The minimum atomic E-state index is 0.0322. The number of aromatic nitrogens is 1. The Hall–Kier alpha value is -1.12. The van der Waals surface area contributed by atoms with Gasteiger partial charge in [0.05, 0.1) is 0 Å². The van der Waals surface area contributed by atoms with E-state index in [9.17, 15) is 4.79 Å². The van der Waals surface area contributed by atoms with E-state index >= 15 is 0 Å². The highest BCUT2D eigenvalue weighted by Gasteiger charge is 2.38. The van der Waals surface area contributed by atoms with Crippen molar-refractivity contribution in [2.75, 3.05) is 0 Å². The molecular formula is C12H15NO2. The highest BCUT2D eigenvalue weighted by Crippen LogP contribution is 2.42. The van der Waals surface area contributed by atoms with E-state index in [1.807, 2.05) is 0 Å². The van der Waals surface area contributed by atoms with Gasteiger partial charge in [-0.3, -0.25) is 4.79 Å². The van der Waals surface area contributed by atoms with Crippen LogP contribution in [-0.2, 0) is 6.42 Å². The fraction of sp³-hybridized carbons (Fsp3) is 0.667. The molecule has 80 valence electrons. The number of carbonyl (C=O) groups excluding carboxylic acids is 1. The van der Waals surface area contributed by atoms with Crippen molar-refractivity contribution in [1.82, 2.24) is 4.98 Å². The number of hydrogen-bond donors (Lipinski definition) is 0. The number of carbonyl (C=O) groups is 1. The molecule has 0 amide bonds. The summed E-state index contributed by atoms with van der Waals surface area (Å²) < 4.78 is 5.70. The Labute approximate surface area is 88.9 Å². The van der Waals surface area contributed by atoms with Gasteiger partial charge in [0.2, 0.25) is 0 Å². The van der Waals surface area contributed by atoms with Crippen LogP contribution >= 0.6 is 0 Å². The number of ketones is 1. The molecule has 1 aromatic rings. The van der Waals surface area contributed by atoms with Crippen LogP contribution in [0.5, 0.6) is 0 Å². The van der Waals surface area contributed by atoms with Gasteiger partial charge in [-0.15, -0.1) is 0 Å². The summed E-state index contributed by atoms with van der Waals surface area (Å²) in [5.74, 6) is 2.26. The zero-order chi connectivity index (χ0) is 10.6. The Morgan fingerprint density at radius 2 is 2.07 bits per heavy atom. The van der Waals surface area contributed by atoms with Crippen molar-refractivity contribution in [2.24, 2.45) is 5.41 Å². The molecule has 0 bridgehead atoms. The molecule has 0 radical (unpaired) electrons. The van der Waals surface area contributed by atoms with Crippen LogP contribution in [0.2, 0.25) is 0 Å². The van der Waals surface area contributed by atoms with Crippen LogP contribution in [0.3, 0.4) is 0 Å². The third-order valence-corrected chi connectivity index (χ3v) is 3.18. The molecule has 3 nitrogen and oxygen atoms in total. The van der Waals surface area contributed by atoms with Crippen LogP contribution < -0.4 is 0 Å². The van der Waals surface area contributed by atoms with Crippen LogP contribution in [0, 0.1) is 5.41 Å². The van der Waals surface area contributed by atoms with Gasteiger partial charge in [0.15, 0.2) is 11.7 Å². The third kappa shape index (κ3) is 1.50. The monoisotopic (exact) mass is 205 g/mol. The first kappa shape index (κ1) is 9.13. The molecule has 3 rings (SSSR count). The van der Waals surface area contributed by atoms with E-state index in [4.69, 9.17) is 4.42 Å². The van der Waals surface area contributed by atoms with Gasteiger partial charge in [0.25, 0.3) is 0 Å². The Bertz CT molecular complexity index is 427. The first-order valence-electron chi connectivity index (χ1n) is 5.58. The van der Waals surface area contributed by atoms with E-state index < -0.39 is 0 Å². The van der Waals surface area contributed by atoms with Crippen molar-refractivity contribution in [3.63, 3.8) is 0 Å². The molecule has 1 heterocycles. The topological polar surface area (TPSA) is 43.1 Å². The van der Waals surface area contributed by atoms with Crippen molar-refractivity contribution < 1.29 is 9.21 Å². The molecular weight excluding hydrogens is 190 g/mol. The molecule has 0 unspecified atom stereocenters. The number of fused-ring (bicyclic) bond motifs is 1. The summed E-state index contributed by atoms with van der Waals surface area (Å²) >= 11 is 0. The first-order chi connectivity index (χ1) is 7.05. The molecule has 0 spiro atoms. The van der Waals surface area contributed by atoms with Gasteiger partial charge in [-0.05, 0) is 18.3 Å². The Balaban J connectivity index is 2.02. The minimum Gasteiger partial charge on any atom is -0.445 e. The molecule has 0 saturated heterocycles. The summed E-state index contributed by atoms with van der Waals surface area (Å²) in [6.45, 7) is 4.21. The van der Waals surface area contributed by atoms with Gasteiger partial charge in [-0.25, -0.2) is 4.98 Å². The maximum Gasteiger partial charge on any atom is 0.198 e. The van der Waals surface area contributed by atoms with Crippen LogP contribution in [0.1, 0.15) is 61.2 Å². The number of oxazole rings is 1. The molecule has 15 heavy (non-hydrogen) atoms. The maximum atomic E-state index is 11.8. The number of nitrogens with zero attached hydrogens (tertiary/aromatic N) is 1. The van der Waals surface area contributed by atoms with Gasteiger partial charge >= 0.3 is 0 Å². The second-order valence-electron chi connectivity index (χ2n) is 5.54. The lowest BCUT2D eigenvalue weighted by molar-refractivity contribution is 0.0899. The zero-order valence-electron chi connectivity index (χ0n) is 9.17. The highest BCUT2D eigenvalue weighted by molar-refractivity contribution is 5.96. The largest absolute Gasteiger partial charge is 0.445 e. The van der Waals surface area contributed by atoms with Crippen LogP contribution in [0.4, 0.5) is 0 Å². The maximum absolute atomic E-state index is 11.8. The molecule has 1 aromatic heterocycles. The summed E-state index contributed by atoms with van der Waals surface area (Å²) in [6.07, 6.45) is 3.76. The van der Waals surface area contributed by atoms with Crippen LogP contribution in [0.25, 0.3) is 0 Å². The third-order valence-electron chi connectivity index (χ3n) is 3.18. The summed E-state index contributed by atoms with van der Waals surface area (Å²) in [5, 5.41) is 0. The van der Waals surface area contributed by atoms with E-state index in [-0.39, 0.29) is 11.2 Å². The lowest BCUT2D eigenvalue weighted by Crippen LogP contribution is -2.26. The molecule has 1 fully saturated rings. The Kier molecular flexibility index (Phi) is 1.65. The first-order valence-corrected chi connectivity index (χ1v) is 5.58. The van der Waals surface area contributed by atoms with Crippen molar-refractivity contribution in [2.45, 2.75) is 45.4 Å². The highest BCUT2D eigenvalue weighted by atomic mass is 16.4. The summed E-state index contributed by atoms with van der Waals surface area (Å²) in [6, 6.07) is 0. The van der Waals surface area contributed by atoms with Crippen LogP contribution in [0.15, 0.2) is 4.42 Å². The number of rotatable bonds is 1. The molecule has 0 atom stereocenters.